The average Bonchev–Trinajstić information content (AvgIpc) is 2.53. The molecule has 0 amide bonds. The van der Waals surface area contributed by atoms with Crippen LogP contribution in [0, 0.1) is 11.3 Å². The molecule has 3 heterocycles. The first-order valence-corrected chi connectivity index (χ1v) is 8.26. The fourth-order valence-corrected chi connectivity index (χ4v) is 3.50. The van der Waals surface area contributed by atoms with Gasteiger partial charge in [-0.2, -0.15) is 5.26 Å². The number of hydrogen-bond acceptors (Lipinski definition) is 3. The van der Waals surface area contributed by atoms with Crippen LogP contribution in [-0.2, 0) is 24.2 Å². The molecule has 3 rings (SSSR count). The first-order chi connectivity index (χ1) is 10.6. The van der Waals surface area contributed by atoms with E-state index < -0.39 is 0 Å². The molecule has 0 unspecified atom stereocenters. The lowest BCUT2D eigenvalue weighted by atomic mass is 9.87. The van der Waals surface area contributed by atoms with Crippen LogP contribution in [0.4, 0.5) is 5.82 Å². The van der Waals surface area contributed by atoms with Crippen molar-refractivity contribution in [3.05, 3.63) is 22.4 Å². The van der Waals surface area contributed by atoms with Crippen molar-refractivity contribution in [1.29, 1.82) is 5.26 Å². The summed E-state index contributed by atoms with van der Waals surface area (Å²) >= 11 is 0. The fourth-order valence-electron chi connectivity index (χ4n) is 3.50. The summed E-state index contributed by atoms with van der Waals surface area (Å²) in [6, 6.07) is 2.47. The number of aromatic nitrogens is 1. The summed E-state index contributed by atoms with van der Waals surface area (Å²) in [7, 11) is 0. The number of fused-ring (bicyclic) bond motifs is 1. The van der Waals surface area contributed by atoms with Crippen molar-refractivity contribution in [2.75, 3.05) is 31.1 Å². The first-order valence-electron chi connectivity index (χ1n) is 8.26. The van der Waals surface area contributed by atoms with Crippen LogP contribution in [0.3, 0.4) is 0 Å². The molecule has 1 aromatic heterocycles. The lowest BCUT2D eigenvalue weighted by Gasteiger charge is -2.33. The minimum atomic E-state index is -0.197. The topological polar surface area (TPSA) is 67.0 Å². The molecule has 3 N–H and O–H groups in total. The number of rotatable bonds is 2. The molecule has 22 heavy (non-hydrogen) atoms. The summed E-state index contributed by atoms with van der Waals surface area (Å²) in [6.07, 6.45) is 1.74. The van der Waals surface area contributed by atoms with Crippen LogP contribution in [0.15, 0.2) is 0 Å². The lowest BCUT2D eigenvalue weighted by molar-refractivity contribution is -0.656. The van der Waals surface area contributed by atoms with E-state index in [9.17, 15) is 5.26 Å². The van der Waals surface area contributed by atoms with Crippen LogP contribution >= 0.6 is 0 Å². The minimum Gasteiger partial charge on any atom is -0.370 e. The van der Waals surface area contributed by atoms with E-state index in [4.69, 9.17) is 4.74 Å². The maximum atomic E-state index is 9.79. The van der Waals surface area contributed by atoms with Crippen LogP contribution in [-0.4, -0.2) is 31.8 Å². The third kappa shape index (κ3) is 2.69. The monoisotopic (exact) mass is 302 g/mol. The van der Waals surface area contributed by atoms with Gasteiger partial charge < -0.3 is 10.1 Å². The number of piperazine rings is 1. The number of nitrogens with zero attached hydrogens (tertiary/aromatic N) is 2. The lowest BCUT2D eigenvalue weighted by Crippen LogP contribution is -2.90. The number of nitriles is 1. The number of anilines is 1. The first kappa shape index (κ1) is 15.3. The van der Waals surface area contributed by atoms with Gasteiger partial charge in [-0.05, 0) is 19.4 Å². The number of hydrogen-bond donors (Lipinski definition) is 1. The van der Waals surface area contributed by atoms with E-state index in [1.807, 2.05) is 0 Å². The molecule has 1 fully saturated rings. The van der Waals surface area contributed by atoms with Crippen LogP contribution in [0.25, 0.3) is 0 Å². The maximum absolute atomic E-state index is 9.79. The highest BCUT2D eigenvalue weighted by Gasteiger charge is 2.35. The van der Waals surface area contributed by atoms with Crippen LogP contribution < -0.4 is 15.2 Å². The Hall–Kier alpha value is -1.64. The molecule has 0 bridgehead atoms. The molecular weight excluding hydrogens is 276 g/mol. The third-order valence-corrected chi connectivity index (χ3v) is 4.73. The Balaban J connectivity index is 2.13. The summed E-state index contributed by atoms with van der Waals surface area (Å²) in [4.78, 5) is 5.88. The molecule has 118 valence electrons. The van der Waals surface area contributed by atoms with Gasteiger partial charge in [-0.3, -0.25) is 0 Å². The highest BCUT2D eigenvalue weighted by molar-refractivity contribution is 5.58. The second kappa shape index (κ2) is 5.86. The molecule has 2 aliphatic heterocycles. The van der Waals surface area contributed by atoms with Gasteiger partial charge in [0.15, 0.2) is 0 Å². The van der Waals surface area contributed by atoms with Gasteiger partial charge in [-0.15, -0.1) is 0 Å². The molecule has 0 aliphatic carbocycles. The fraction of sp³-hybridized carbons (Fsp3) is 0.647. The highest BCUT2D eigenvalue weighted by atomic mass is 16.5. The van der Waals surface area contributed by atoms with E-state index in [0.29, 0.717) is 6.61 Å². The number of nitrogens with two attached hydrogens (primary N) is 1. The molecular formula is C17H26N4O+2. The Bertz CT molecular complexity index is 612. The van der Waals surface area contributed by atoms with Crippen molar-refractivity contribution in [2.24, 2.45) is 0 Å². The van der Waals surface area contributed by atoms with Crippen LogP contribution in [0.2, 0.25) is 0 Å². The maximum Gasteiger partial charge on any atom is 0.293 e. The van der Waals surface area contributed by atoms with E-state index in [1.165, 1.54) is 16.8 Å². The van der Waals surface area contributed by atoms with Crippen molar-refractivity contribution in [2.45, 2.75) is 45.8 Å². The van der Waals surface area contributed by atoms with E-state index in [-0.39, 0.29) is 5.60 Å². The predicted molar refractivity (Wildman–Crippen MR) is 83.5 cm³/mol. The Morgan fingerprint density at radius 1 is 1.32 bits per heavy atom. The summed E-state index contributed by atoms with van der Waals surface area (Å²) < 4.78 is 5.97. The zero-order chi connectivity index (χ0) is 15.7. The van der Waals surface area contributed by atoms with E-state index in [0.717, 1.165) is 50.4 Å². The summed E-state index contributed by atoms with van der Waals surface area (Å²) in [6.45, 7) is 11.1. The number of pyridine rings is 1. The highest BCUT2D eigenvalue weighted by Crippen LogP contribution is 2.33. The normalized spacial score (nSPS) is 20.4. The number of ether oxygens (including phenoxy) is 1. The smallest absolute Gasteiger partial charge is 0.293 e. The van der Waals surface area contributed by atoms with Gasteiger partial charge in [0.05, 0.1) is 12.2 Å². The van der Waals surface area contributed by atoms with Crippen LogP contribution in [0.5, 0.6) is 0 Å². The zero-order valence-corrected chi connectivity index (χ0v) is 13.8. The van der Waals surface area contributed by atoms with E-state index >= 15 is 0 Å². The molecule has 0 spiro atoms. The van der Waals surface area contributed by atoms with E-state index in [2.05, 4.69) is 42.0 Å². The molecule has 2 aliphatic rings. The van der Waals surface area contributed by atoms with Gasteiger partial charge in [0.2, 0.25) is 0 Å². The summed E-state index contributed by atoms with van der Waals surface area (Å²) in [5, 5.41) is 12.1. The summed E-state index contributed by atoms with van der Waals surface area (Å²) in [5.41, 5.74) is 4.24. The molecule has 1 saturated heterocycles. The Morgan fingerprint density at radius 3 is 2.68 bits per heavy atom. The van der Waals surface area contributed by atoms with Gasteiger partial charge in [-0.25, -0.2) is 9.88 Å². The Labute approximate surface area is 132 Å². The molecule has 0 radical (unpaired) electrons. The average molecular weight is 302 g/mol. The molecule has 0 saturated carbocycles. The Morgan fingerprint density at radius 2 is 2.05 bits per heavy atom. The SMILES string of the molecule is CCc1[nH+]c(N2CC[NH2+]CC2)c(C#N)c2c1COC(C)(C)C2. The largest absolute Gasteiger partial charge is 0.370 e. The van der Waals surface area contributed by atoms with Crippen molar-refractivity contribution in [3.8, 4) is 6.07 Å². The van der Waals surface area contributed by atoms with Crippen molar-refractivity contribution >= 4 is 5.82 Å². The van der Waals surface area contributed by atoms with Crippen LogP contribution in [0.1, 0.15) is 43.2 Å². The number of nitrogens with one attached hydrogen (secondary N) is 1. The third-order valence-electron chi connectivity index (χ3n) is 4.73. The van der Waals surface area contributed by atoms with Gasteiger partial charge in [-0.1, -0.05) is 6.92 Å². The van der Waals surface area contributed by atoms with Gasteiger partial charge in [0.1, 0.15) is 43.5 Å². The van der Waals surface area contributed by atoms with Crippen molar-refractivity contribution < 1.29 is 15.0 Å². The van der Waals surface area contributed by atoms with Gasteiger partial charge in [0.25, 0.3) is 5.82 Å². The van der Waals surface area contributed by atoms with Gasteiger partial charge >= 0.3 is 0 Å². The number of aromatic amines is 1. The van der Waals surface area contributed by atoms with Gasteiger partial charge in [0, 0.05) is 18.4 Å². The molecule has 0 aromatic carbocycles. The molecule has 5 nitrogen and oxygen atoms in total. The predicted octanol–water partition coefficient (Wildman–Crippen LogP) is 0.169. The molecule has 0 atom stereocenters. The van der Waals surface area contributed by atoms with Crippen molar-refractivity contribution in [3.63, 3.8) is 0 Å². The second-order valence-electron chi connectivity index (χ2n) is 6.83. The second-order valence-corrected chi connectivity index (χ2v) is 6.83. The number of quaternary nitrogens is 1. The quantitative estimate of drug-likeness (QED) is 0.847. The van der Waals surface area contributed by atoms with Crippen molar-refractivity contribution in [1.82, 2.24) is 0 Å². The Kier molecular flexibility index (Phi) is 4.07. The molecule has 1 aromatic rings. The number of aryl methyl sites for hydroxylation is 1. The summed E-state index contributed by atoms with van der Waals surface area (Å²) in [5.74, 6) is 1.02. The minimum absolute atomic E-state index is 0.197. The standard InChI is InChI=1S/C17H24N4O/c1-4-15-14-11-22-17(2,3)9-12(14)13(10-18)16(20-15)21-7-5-19-6-8-21/h19H,4-9,11H2,1-3H3/p+2. The molecule has 5 heteroatoms. The van der Waals surface area contributed by atoms with E-state index in [1.54, 1.807) is 0 Å². The number of H-pyrrole nitrogens is 1. The zero-order valence-electron chi connectivity index (χ0n) is 13.8.